The molecule has 4 aliphatic carbocycles. The van der Waals surface area contributed by atoms with Crippen LogP contribution in [-0.4, -0.2) is 12.0 Å². The van der Waals surface area contributed by atoms with Crippen molar-refractivity contribution in [3.05, 3.63) is 11.6 Å². The van der Waals surface area contributed by atoms with E-state index < -0.39 is 6.17 Å². The summed E-state index contributed by atoms with van der Waals surface area (Å²) in [6.45, 7) is 4.51. The van der Waals surface area contributed by atoms with Crippen molar-refractivity contribution in [1.82, 2.24) is 0 Å². The third-order valence-electron chi connectivity index (χ3n) is 7.71. The van der Waals surface area contributed by atoms with Crippen LogP contribution in [0.5, 0.6) is 0 Å². The van der Waals surface area contributed by atoms with Crippen LogP contribution in [0.3, 0.4) is 0 Å². The van der Waals surface area contributed by atoms with Crippen molar-refractivity contribution < 1.29 is 9.18 Å². The van der Waals surface area contributed by atoms with Gasteiger partial charge in [0, 0.05) is 17.8 Å². The smallest absolute Gasteiger partial charge is 0.139 e. The Morgan fingerprint density at radius 1 is 1.05 bits per heavy atom. The maximum atomic E-state index is 15.0. The maximum absolute atomic E-state index is 15.0. The molecule has 4 rings (SSSR count). The van der Waals surface area contributed by atoms with Gasteiger partial charge in [-0.25, -0.2) is 4.39 Å². The Balaban J connectivity index is 1.76. The van der Waals surface area contributed by atoms with Crippen molar-refractivity contribution in [3.63, 3.8) is 0 Å². The molecule has 0 aromatic heterocycles. The lowest BCUT2D eigenvalue weighted by Crippen LogP contribution is -2.53. The van der Waals surface area contributed by atoms with Gasteiger partial charge in [-0.15, -0.1) is 0 Å². The number of Topliss-reactive ketones (excluding diaryl/α,β-unsaturated/α-hetero) is 1. The third-order valence-corrected chi connectivity index (χ3v) is 7.71. The van der Waals surface area contributed by atoms with Crippen LogP contribution in [-0.2, 0) is 4.79 Å². The predicted molar refractivity (Wildman–Crippen MR) is 81.6 cm³/mol. The van der Waals surface area contributed by atoms with Crippen molar-refractivity contribution >= 4 is 5.78 Å². The molecule has 0 unspecified atom stereocenters. The summed E-state index contributed by atoms with van der Waals surface area (Å²) in [5.74, 6) is 1.26. The molecule has 4 aliphatic rings. The Labute approximate surface area is 127 Å². The fraction of sp³-hybridized carbons (Fsp3) is 0.842. The minimum absolute atomic E-state index is 0.0991. The van der Waals surface area contributed by atoms with E-state index in [-0.39, 0.29) is 22.7 Å². The molecule has 0 spiro atoms. The molecular weight excluding hydrogens is 263 g/mol. The van der Waals surface area contributed by atoms with Gasteiger partial charge in [0.25, 0.3) is 0 Å². The normalized spacial score (nSPS) is 52.7. The zero-order chi connectivity index (χ0) is 14.8. The van der Waals surface area contributed by atoms with Gasteiger partial charge in [-0.1, -0.05) is 31.9 Å². The topological polar surface area (TPSA) is 17.1 Å². The average molecular weight is 290 g/mol. The van der Waals surface area contributed by atoms with Crippen LogP contribution >= 0.6 is 0 Å². The summed E-state index contributed by atoms with van der Waals surface area (Å²) in [6, 6.07) is 0. The van der Waals surface area contributed by atoms with E-state index in [9.17, 15) is 4.79 Å². The van der Waals surface area contributed by atoms with Crippen LogP contribution in [0, 0.1) is 28.6 Å². The first-order chi connectivity index (χ1) is 9.97. The molecule has 116 valence electrons. The number of hydrogen-bond acceptors (Lipinski definition) is 1. The SMILES string of the molecule is C[C@]12CCCCC1=C[C@H](F)[C@@H]1[C@@H]2CC[C@]2(C)C(=O)CC[C@@H]12. The zero-order valence-corrected chi connectivity index (χ0v) is 13.3. The number of carbonyl (C=O) groups is 1. The lowest BCUT2D eigenvalue weighted by molar-refractivity contribution is -0.133. The molecule has 0 amide bonds. The highest BCUT2D eigenvalue weighted by molar-refractivity contribution is 5.87. The number of rotatable bonds is 0. The van der Waals surface area contributed by atoms with Gasteiger partial charge in [0.15, 0.2) is 0 Å². The average Bonchev–Trinajstić information content (AvgIpc) is 2.76. The molecule has 3 saturated carbocycles. The van der Waals surface area contributed by atoms with Gasteiger partial charge in [-0.05, 0) is 55.8 Å². The largest absolute Gasteiger partial charge is 0.299 e. The first kappa shape index (κ1) is 14.0. The lowest BCUT2D eigenvalue weighted by atomic mass is 9.48. The molecule has 0 bridgehead atoms. The number of alkyl halides is 1. The van der Waals surface area contributed by atoms with Crippen molar-refractivity contribution in [3.8, 4) is 0 Å². The molecule has 0 heterocycles. The van der Waals surface area contributed by atoms with Crippen molar-refractivity contribution in [2.24, 2.45) is 28.6 Å². The summed E-state index contributed by atoms with van der Waals surface area (Å²) in [5.41, 5.74) is 1.40. The molecule has 21 heavy (non-hydrogen) atoms. The Morgan fingerprint density at radius 3 is 2.62 bits per heavy atom. The van der Waals surface area contributed by atoms with Gasteiger partial charge >= 0.3 is 0 Å². The van der Waals surface area contributed by atoms with Gasteiger partial charge in [0.2, 0.25) is 0 Å². The van der Waals surface area contributed by atoms with E-state index in [2.05, 4.69) is 13.8 Å². The van der Waals surface area contributed by atoms with Crippen LogP contribution in [0.15, 0.2) is 11.6 Å². The fourth-order valence-electron chi connectivity index (χ4n) is 6.41. The van der Waals surface area contributed by atoms with E-state index in [0.29, 0.717) is 18.1 Å². The molecular formula is C19H27FO. The predicted octanol–water partition coefficient (Wildman–Crippen LogP) is 4.86. The van der Waals surface area contributed by atoms with Crippen LogP contribution < -0.4 is 0 Å². The molecule has 0 saturated heterocycles. The van der Waals surface area contributed by atoms with E-state index in [1.54, 1.807) is 0 Å². The molecule has 0 N–H and O–H groups in total. The minimum atomic E-state index is -0.813. The second-order valence-electron chi connectivity index (χ2n) is 8.47. The molecule has 0 radical (unpaired) electrons. The van der Waals surface area contributed by atoms with Crippen LogP contribution in [0.1, 0.15) is 65.2 Å². The summed E-state index contributed by atoms with van der Waals surface area (Å²) < 4.78 is 15.0. The van der Waals surface area contributed by atoms with E-state index in [4.69, 9.17) is 0 Å². The lowest BCUT2D eigenvalue weighted by Gasteiger charge is -2.57. The fourth-order valence-corrected chi connectivity index (χ4v) is 6.41. The van der Waals surface area contributed by atoms with Gasteiger partial charge in [-0.3, -0.25) is 4.79 Å². The van der Waals surface area contributed by atoms with Gasteiger partial charge in [-0.2, -0.15) is 0 Å². The second-order valence-corrected chi connectivity index (χ2v) is 8.47. The summed E-state index contributed by atoms with van der Waals surface area (Å²) in [6.07, 6.45) is 9.65. The first-order valence-corrected chi connectivity index (χ1v) is 8.85. The zero-order valence-electron chi connectivity index (χ0n) is 13.3. The molecule has 0 aromatic rings. The molecule has 3 fully saturated rings. The number of hydrogen-bond donors (Lipinski definition) is 0. The summed E-state index contributed by atoms with van der Waals surface area (Å²) in [4.78, 5) is 12.3. The van der Waals surface area contributed by atoms with E-state index >= 15 is 4.39 Å². The Kier molecular flexibility index (Phi) is 2.94. The molecule has 2 heteroatoms. The van der Waals surface area contributed by atoms with Gasteiger partial charge in [0.1, 0.15) is 12.0 Å². The number of fused-ring (bicyclic) bond motifs is 5. The van der Waals surface area contributed by atoms with Crippen molar-refractivity contribution in [1.29, 1.82) is 0 Å². The summed E-state index contributed by atoms with van der Waals surface area (Å²) >= 11 is 0. The monoisotopic (exact) mass is 290 g/mol. The standard InChI is InChI=1S/C19H27FO/c1-18-9-4-3-5-12(18)11-15(20)17-13-6-7-16(21)19(13,2)10-8-14(17)18/h11,13-15,17H,3-10H2,1-2H3/t13-,14-,15-,17-,18-,19-/m0/s1. The van der Waals surface area contributed by atoms with E-state index in [1.165, 1.54) is 24.8 Å². The quantitative estimate of drug-likeness (QED) is 0.582. The molecule has 0 aliphatic heterocycles. The number of carbonyl (C=O) groups excluding carboxylic acids is 1. The summed E-state index contributed by atoms with van der Waals surface area (Å²) in [7, 11) is 0. The van der Waals surface area contributed by atoms with E-state index in [0.717, 1.165) is 25.7 Å². The van der Waals surface area contributed by atoms with Crippen LogP contribution in [0.2, 0.25) is 0 Å². The minimum Gasteiger partial charge on any atom is -0.299 e. The summed E-state index contributed by atoms with van der Waals surface area (Å²) in [5, 5.41) is 0. The molecule has 1 nitrogen and oxygen atoms in total. The Morgan fingerprint density at radius 2 is 1.81 bits per heavy atom. The molecule has 0 aromatic carbocycles. The third kappa shape index (κ3) is 1.71. The highest BCUT2D eigenvalue weighted by Crippen LogP contribution is 2.64. The van der Waals surface area contributed by atoms with E-state index in [1.807, 2.05) is 6.08 Å². The maximum Gasteiger partial charge on any atom is 0.139 e. The number of allylic oxidation sites excluding steroid dienone is 2. The Hall–Kier alpha value is -0.660. The van der Waals surface area contributed by atoms with Crippen molar-refractivity contribution in [2.75, 3.05) is 0 Å². The van der Waals surface area contributed by atoms with Crippen molar-refractivity contribution in [2.45, 2.75) is 71.4 Å². The molecule has 6 atom stereocenters. The first-order valence-electron chi connectivity index (χ1n) is 8.85. The number of ketones is 1. The highest BCUT2D eigenvalue weighted by atomic mass is 19.1. The van der Waals surface area contributed by atoms with Gasteiger partial charge in [0.05, 0.1) is 0 Å². The number of halogens is 1. The van der Waals surface area contributed by atoms with Crippen LogP contribution in [0.25, 0.3) is 0 Å². The van der Waals surface area contributed by atoms with Gasteiger partial charge < -0.3 is 0 Å². The second kappa shape index (κ2) is 4.43. The Bertz CT molecular complexity index is 510. The highest BCUT2D eigenvalue weighted by Gasteiger charge is 2.60. The van der Waals surface area contributed by atoms with Crippen LogP contribution in [0.4, 0.5) is 4.39 Å².